The smallest absolute Gasteiger partial charge is 0.313 e. The quantitative estimate of drug-likeness (QED) is 0.453. The van der Waals surface area contributed by atoms with Crippen LogP contribution in [0.25, 0.3) is 0 Å². The second-order valence-corrected chi connectivity index (χ2v) is 2.03. The highest BCUT2D eigenvalue weighted by atomic mass is 16.4. The van der Waals surface area contributed by atoms with Crippen LogP contribution in [0.2, 0.25) is 0 Å². The van der Waals surface area contributed by atoms with Crippen molar-refractivity contribution in [1.29, 1.82) is 0 Å². The summed E-state index contributed by atoms with van der Waals surface area (Å²) in [4.78, 5) is 10.1. The Labute approximate surface area is 53.2 Å². The van der Waals surface area contributed by atoms with Crippen LogP contribution in [-0.2, 0) is 9.90 Å². The Morgan fingerprint density at radius 3 is 2.56 bits per heavy atom. The van der Waals surface area contributed by atoms with Crippen LogP contribution in [0.1, 0.15) is 0 Å². The molecular formula is C5H9N2O2. The summed E-state index contributed by atoms with van der Waals surface area (Å²) in [7, 11) is 0. The lowest BCUT2D eigenvalue weighted by atomic mass is 10.2. The molecular weight excluding hydrogens is 120 g/mol. The SMILES string of the molecule is [O]C(=O)C1CNCCN1. The first-order valence-corrected chi connectivity index (χ1v) is 2.95. The van der Waals surface area contributed by atoms with Crippen LogP contribution in [0, 0.1) is 0 Å². The fraction of sp³-hybridized carbons (Fsp3) is 0.800. The Kier molecular flexibility index (Phi) is 2.02. The third-order valence-electron chi connectivity index (χ3n) is 1.33. The fourth-order valence-electron chi connectivity index (χ4n) is 0.820. The normalized spacial score (nSPS) is 27.8. The number of carbonyl (C=O) groups is 1. The zero-order chi connectivity index (χ0) is 6.69. The highest BCUT2D eigenvalue weighted by Gasteiger charge is 2.20. The van der Waals surface area contributed by atoms with Gasteiger partial charge >= 0.3 is 5.97 Å². The molecule has 0 bridgehead atoms. The van der Waals surface area contributed by atoms with Gasteiger partial charge < -0.3 is 10.6 Å². The van der Waals surface area contributed by atoms with E-state index < -0.39 is 12.0 Å². The summed E-state index contributed by atoms with van der Waals surface area (Å²) in [5.41, 5.74) is 0. The topological polar surface area (TPSA) is 61.0 Å². The maximum absolute atomic E-state index is 10.1. The summed E-state index contributed by atoms with van der Waals surface area (Å²) in [5.74, 6) is -1.03. The van der Waals surface area contributed by atoms with E-state index >= 15 is 0 Å². The molecule has 51 valence electrons. The zero-order valence-corrected chi connectivity index (χ0v) is 5.02. The Balaban J connectivity index is 2.31. The lowest BCUT2D eigenvalue weighted by Crippen LogP contribution is -2.51. The van der Waals surface area contributed by atoms with E-state index in [9.17, 15) is 9.90 Å². The zero-order valence-electron chi connectivity index (χ0n) is 5.02. The van der Waals surface area contributed by atoms with Gasteiger partial charge in [0, 0.05) is 19.6 Å². The van der Waals surface area contributed by atoms with E-state index in [1.165, 1.54) is 0 Å². The van der Waals surface area contributed by atoms with Crippen LogP contribution >= 0.6 is 0 Å². The minimum atomic E-state index is -1.03. The molecule has 0 spiro atoms. The van der Waals surface area contributed by atoms with Crippen molar-refractivity contribution in [3.63, 3.8) is 0 Å². The van der Waals surface area contributed by atoms with Gasteiger partial charge in [0.1, 0.15) is 6.04 Å². The monoisotopic (exact) mass is 129 g/mol. The van der Waals surface area contributed by atoms with Gasteiger partial charge in [-0.15, -0.1) is 0 Å². The van der Waals surface area contributed by atoms with E-state index in [-0.39, 0.29) is 0 Å². The van der Waals surface area contributed by atoms with E-state index in [1.807, 2.05) is 0 Å². The summed E-state index contributed by atoms with van der Waals surface area (Å²) >= 11 is 0. The van der Waals surface area contributed by atoms with Crippen molar-refractivity contribution in [3.8, 4) is 0 Å². The Bertz CT molecular complexity index is 110. The number of rotatable bonds is 1. The molecule has 1 heterocycles. The van der Waals surface area contributed by atoms with Crippen molar-refractivity contribution < 1.29 is 9.90 Å². The average Bonchev–Trinajstić information content (AvgIpc) is 1.90. The maximum Gasteiger partial charge on any atom is 0.373 e. The number of hydrogen-bond acceptors (Lipinski definition) is 3. The van der Waals surface area contributed by atoms with Crippen LogP contribution in [0.5, 0.6) is 0 Å². The number of nitrogens with one attached hydrogen (secondary N) is 2. The van der Waals surface area contributed by atoms with Crippen molar-refractivity contribution in [2.24, 2.45) is 0 Å². The first-order valence-electron chi connectivity index (χ1n) is 2.95. The predicted molar refractivity (Wildman–Crippen MR) is 30.4 cm³/mol. The third-order valence-corrected chi connectivity index (χ3v) is 1.33. The first kappa shape index (κ1) is 6.51. The second kappa shape index (κ2) is 2.80. The van der Waals surface area contributed by atoms with Crippen LogP contribution in [0.15, 0.2) is 0 Å². The van der Waals surface area contributed by atoms with Gasteiger partial charge in [-0.1, -0.05) is 0 Å². The van der Waals surface area contributed by atoms with Crippen LogP contribution in [0.3, 0.4) is 0 Å². The van der Waals surface area contributed by atoms with Crippen LogP contribution in [-0.4, -0.2) is 31.6 Å². The number of piperazine rings is 1. The van der Waals surface area contributed by atoms with Crippen LogP contribution < -0.4 is 10.6 Å². The van der Waals surface area contributed by atoms with Gasteiger partial charge in [-0.25, -0.2) is 9.90 Å². The van der Waals surface area contributed by atoms with E-state index in [0.717, 1.165) is 6.54 Å². The van der Waals surface area contributed by atoms with E-state index in [2.05, 4.69) is 10.6 Å². The molecule has 1 unspecified atom stereocenters. The molecule has 0 aromatic heterocycles. The molecule has 0 aromatic carbocycles. The molecule has 4 nitrogen and oxygen atoms in total. The molecule has 0 aromatic rings. The molecule has 4 heteroatoms. The summed E-state index contributed by atoms with van der Waals surface area (Å²) < 4.78 is 0. The molecule has 1 rings (SSSR count). The molecule has 0 amide bonds. The lowest BCUT2D eigenvalue weighted by molar-refractivity contribution is -0.145. The van der Waals surface area contributed by atoms with Crippen LogP contribution in [0.4, 0.5) is 0 Å². The van der Waals surface area contributed by atoms with Crippen molar-refractivity contribution >= 4 is 5.97 Å². The number of hydrogen-bond donors (Lipinski definition) is 2. The van der Waals surface area contributed by atoms with Gasteiger partial charge in [-0.3, -0.25) is 0 Å². The molecule has 1 saturated heterocycles. The lowest BCUT2D eigenvalue weighted by Gasteiger charge is -2.19. The minimum absolute atomic E-state index is 0.475. The predicted octanol–water partition coefficient (Wildman–Crippen LogP) is -1.50. The second-order valence-electron chi connectivity index (χ2n) is 2.03. The average molecular weight is 129 g/mol. The molecule has 1 fully saturated rings. The highest BCUT2D eigenvalue weighted by molar-refractivity contribution is 5.73. The molecule has 1 radical (unpaired) electrons. The Morgan fingerprint density at radius 1 is 1.44 bits per heavy atom. The largest absolute Gasteiger partial charge is 0.373 e. The molecule has 0 saturated carbocycles. The van der Waals surface area contributed by atoms with Crippen molar-refractivity contribution in [2.45, 2.75) is 6.04 Å². The van der Waals surface area contributed by atoms with E-state index in [4.69, 9.17) is 0 Å². The molecule has 9 heavy (non-hydrogen) atoms. The summed E-state index contributed by atoms with van der Waals surface area (Å²) in [6.07, 6.45) is 0. The van der Waals surface area contributed by atoms with Gasteiger partial charge in [0.2, 0.25) is 0 Å². The van der Waals surface area contributed by atoms with E-state index in [1.54, 1.807) is 0 Å². The Morgan fingerprint density at radius 2 is 2.22 bits per heavy atom. The van der Waals surface area contributed by atoms with Crippen molar-refractivity contribution in [3.05, 3.63) is 0 Å². The molecule has 1 atom stereocenters. The summed E-state index contributed by atoms with van der Waals surface area (Å²) in [6, 6.07) is -0.501. The maximum atomic E-state index is 10.1. The van der Waals surface area contributed by atoms with Gasteiger partial charge in [0.15, 0.2) is 0 Å². The summed E-state index contributed by atoms with van der Waals surface area (Å²) in [6.45, 7) is 2.02. The third kappa shape index (κ3) is 1.65. The van der Waals surface area contributed by atoms with Gasteiger partial charge in [-0.2, -0.15) is 0 Å². The molecule has 2 N–H and O–H groups in total. The first-order chi connectivity index (χ1) is 4.30. The molecule has 1 aliphatic heterocycles. The molecule has 1 aliphatic rings. The number of carbonyl (C=O) groups excluding carboxylic acids is 1. The fourth-order valence-corrected chi connectivity index (χ4v) is 0.820. The summed E-state index contributed by atoms with van der Waals surface area (Å²) in [5, 5.41) is 15.9. The van der Waals surface area contributed by atoms with E-state index in [0.29, 0.717) is 13.1 Å². The van der Waals surface area contributed by atoms with Gasteiger partial charge in [-0.05, 0) is 0 Å². The highest BCUT2D eigenvalue weighted by Crippen LogP contribution is 1.85. The van der Waals surface area contributed by atoms with Crippen molar-refractivity contribution in [1.82, 2.24) is 10.6 Å². The van der Waals surface area contributed by atoms with Gasteiger partial charge in [0.25, 0.3) is 0 Å². The Hall–Kier alpha value is -0.610. The van der Waals surface area contributed by atoms with Gasteiger partial charge in [0.05, 0.1) is 0 Å². The molecule has 0 aliphatic carbocycles. The van der Waals surface area contributed by atoms with Crippen molar-refractivity contribution in [2.75, 3.05) is 19.6 Å². The standard InChI is InChI=1S/C5H9N2O2/c8-5(9)4-3-6-1-2-7-4/h4,6-7H,1-3H2. The minimum Gasteiger partial charge on any atom is -0.313 e.